The highest BCUT2D eigenvalue weighted by molar-refractivity contribution is 7.99. The van der Waals surface area contributed by atoms with Crippen LogP contribution in [-0.2, 0) is 9.59 Å². The lowest BCUT2D eigenvalue weighted by Crippen LogP contribution is -2.69. The van der Waals surface area contributed by atoms with Gasteiger partial charge in [0.25, 0.3) is 0 Å². The fourth-order valence-electron chi connectivity index (χ4n) is 3.37. The predicted molar refractivity (Wildman–Crippen MR) is 82.7 cm³/mol. The summed E-state index contributed by atoms with van der Waals surface area (Å²) < 4.78 is 0. The van der Waals surface area contributed by atoms with Crippen LogP contribution >= 0.6 is 11.8 Å². The van der Waals surface area contributed by atoms with Crippen molar-refractivity contribution in [2.45, 2.75) is 64.0 Å². The zero-order chi connectivity index (χ0) is 14.6. The van der Waals surface area contributed by atoms with Crippen LogP contribution in [0.4, 0.5) is 0 Å². The lowest BCUT2D eigenvalue weighted by Gasteiger charge is -2.44. The van der Waals surface area contributed by atoms with Crippen molar-refractivity contribution in [2.75, 3.05) is 18.1 Å². The molecular formula is C15H26N2O2S. The van der Waals surface area contributed by atoms with E-state index < -0.39 is 5.54 Å². The van der Waals surface area contributed by atoms with Crippen LogP contribution in [0.15, 0.2) is 0 Å². The van der Waals surface area contributed by atoms with Crippen LogP contribution in [0.1, 0.15) is 52.4 Å². The van der Waals surface area contributed by atoms with E-state index in [1.54, 1.807) is 0 Å². The van der Waals surface area contributed by atoms with Crippen LogP contribution < -0.4 is 5.32 Å². The van der Waals surface area contributed by atoms with Gasteiger partial charge >= 0.3 is 0 Å². The standard InChI is InChI=1S/C15H26N2O2S/c1-3-7-12-13(18)16-15(8-5-6-9-15)14(19)17(12)10-11-20-4-2/h12H,3-11H2,1-2H3,(H,16,18). The summed E-state index contributed by atoms with van der Waals surface area (Å²) in [5.41, 5.74) is -0.571. The maximum absolute atomic E-state index is 12.9. The van der Waals surface area contributed by atoms with Gasteiger partial charge in [0.05, 0.1) is 0 Å². The summed E-state index contributed by atoms with van der Waals surface area (Å²) in [5, 5.41) is 3.06. The summed E-state index contributed by atoms with van der Waals surface area (Å²) >= 11 is 1.83. The van der Waals surface area contributed by atoms with Gasteiger partial charge in [-0.05, 0) is 25.0 Å². The number of carbonyl (C=O) groups excluding carboxylic acids is 2. The molecule has 5 heteroatoms. The first-order chi connectivity index (χ1) is 9.64. The lowest BCUT2D eigenvalue weighted by molar-refractivity contribution is -0.154. The van der Waals surface area contributed by atoms with Gasteiger partial charge in [-0.3, -0.25) is 9.59 Å². The summed E-state index contributed by atoms with van der Waals surface area (Å²) in [6.45, 7) is 4.89. The molecular weight excluding hydrogens is 272 g/mol. The van der Waals surface area contributed by atoms with Crippen LogP contribution in [0.3, 0.4) is 0 Å². The van der Waals surface area contributed by atoms with Gasteiger partial charge in [-0.1, -0.05) is 33.1 Å². The smallest absolute Gasteiger partial charge is 0.249 e. The molecule has 0 radical (unpaired) electrons. The van der Waals surface area contributed by atoms with Crippen molar-refractivity contribution in [1.82, 2.24) is 10.2 Å². The normalized spacial score (nSPS) is 25.3. The Morgan fingerprint density at radius 1 is 1.30 bits per heavy atom. The van der Waals surface area contributed by atoms with Crippen molar-refractivity contribution >= 4 is 23.6 Å². The second-order valence-corrected chi connectivity index (χ2v) is 7.17. The third kappa shape index (κ3) is 2.97. The largest absolute Gasteiger partial charge is 0.340 e. The minimum atomic E-state index is -0.571. The molecule has 1 saturated carbocycles. The van der Waals surface area contributed by atoms with E-state index in [1.807, 2.05) is 16.7 Å². The van der Waals surface area contributed by atoms with Crippen molar-refractivity contribution in [2.24, 2.45) is 0 Å². The number of hydrogen-bond donors (Lipinski definition) is 1. The number of carbonyl (C=O) groups is 2. The summed E-state index contributed by atoms with van der Waals surface area (Å²) in [5.74, 6) is 2.21. The molecule has 114 valence electrons. The van der Waals surface area contributed by atoms with Gasteiger partial charge in [0.2, 0.25) is 11.8 Å². The molecule has 0 aromatic rings. The maximum atomic E-state index is 12.9. The SMILES string of the molecule is CCCC1C(=O)NC2(CCCC2)C(=O)N1CCSCC. The van der Waals surface area contributed by atoms with Crippen molar-refractivity contribution in [3.63, 3.8) is 0 Å². The highest BCUT2D eigenvalue weighted by Gasteiger charge is 2.51. The van der Waals surface area contributed by atoms with Gasteiger partial charge in [-0.25, -0.2) is 0 Å². The number of thioether (sulfide) groups is 1. The Bertz CT molecular complexity index is 367. The number of hydrogen-bond acceptors (Lipinski definition) is 3. The van der Waals surface area contributed by atoms with Crippen LogP contribution in [0, 0.1) is 0 Å². The fraction of sp³-hybridized carbons (Fsp3) is 0.867. The van der Waals surface area contributed by atoms with Gasteiger partial charge in [-0.2, -0.15) is 11.8 Å². The van der Waals surface area contributed by atoms with E-state index in [9.17, 15) is 9.59 Å². The Labute approximate surface area is 126 Å². The highest BCUT2D eigenvalue weighted by atomic mass is 32.2. The molecule has 2 amide bonds. The number of nitrogens with one attached hydrogen (secondary N) is 1. The summed E-state index contributed by atoms with van der Waals surface area (Å²) in [4.78, 5) is 27.2. The number of piperazine rings is 1. The van der Waals surface area contributed by atoms with Gasteiger partial charge in [0.15, 0.2) is 0 Å². The molecule has 0 aromatic heterocycles. The predicted octanol–water partition coefficient (Wildman–Crippen LogP) is 2.18. The number of nitrogens with zero attached hydrogens (tertiary/aromatic N) is 1. The third-order valence-corrected chi connectivity index (χ3v) is 5.29. The topological polar surface area (TPSA) is 49.4 Å². The molecule has 1 aliphatic heterocycles. The van der Waals surface area contributed by atoms with Gasteiger partial charge < -0.3 is 10.2 Å². The molecule has 20 heavy (non-hydrogen) atoms. The van der Waals surface area contributed by atoms with Crippen LogP contribution in [0.25, 0.3) is 0 Å². The second-order valence-electron chi connectivity index (χ2n) is 5.78. The molecule has 1 saturated heterocycles. The maximum Gasteiger partial charge on any atom is 0.249 e. The Balaban J connectivity index is 2.14. The third-order valence-electron chi connectivity index (χ3n) is 4.41. The van der Waals surface area contributed by atoms with Gasteiger partial charge in [0, 0.05) is 12.3 Å². The van der Waals surface area contributed by atoms with Crippen molar-refractivity contribution < 1.29 is 9.59 Å². The first kappa shape index (κ1) is 15.7. The van der Waals surface area contributed by atoms with Gasteiger partial charge in [-0.15, -0.1) is 0 Å². The molecule has 1 N–H and O–H groups in total. The van der Waals surface area contributed by atoms with Crippen LogP contribution in [0.5, 0.6) is 0 Å². The summed E-state index contributed by atoms with van der Waals surface area (Å²) in [6.07, 6.45) is 5.41. The molecule has 2 fully saturated rings. The highest BCUT2D eigenvalue weighted by Crippen LogP contribution is 2.35. The minimum absolute atomic E-state index is 0.0647. The average molecular weight is 298 g/mol. The molecule has 1 atom stereocenters. The molecule has 1 spiro atoms. The summed E-state index contributed by atoms with van der Waals surface area (Å²) in [7, 11) is 0. The molecule has 0 aromatic carbocycles. The molecule has 2 aliphatic rings. The molecule has 1 heterocycles. The lowest BCUT2D eigenvalue weighted by atomic mass is 9.89. The van der Waals surface area contributed by atoms with Crippen LogP contribution in [0.2, 0.25) is 0 Å². The minimum Gasteiger partial charge on any atom is -0.340 e. The van der Waals surface area contributed by atoms with Crippen molar-refractivity contribution in [1.29, 1.82) is 0 Å². The monoisotopic (exact) mass is 298 g/mol. The van der Waals surface area contributed by atoms with E-state index in [2.05, 4.69) is 19.2 Å². The Kier molecular flexibility index (Phi) is 5.35. The molecule has 4 nitrogen and oxygen atoms in total. The summed E-state index contributed by atoms with van der Waals surface area (Å²) in [6, 6.07) is -0.254. The zero-order valence-electron chi connectivity index (χ0n) is 12.6. The van der Waals surface area contributed by atoms with Crippen molar-refractivity contribution in [3.8, 4) is 0 Å². The van der Waals surface area contributed by atoms with E-state index >= 15 is 0 Å². The zero-order valence-corrected chi connectivity index (χ0v) is 13.4. The van der Waals surface area contributed by atoms with E-state index in [0.717, 1.165) is 50.0 Å². The van der Waals surface area contributed by atoms with E-state index in [4.69, 9.17) is 0 Å². The number of amides is 2. The molecule has 0 bridgehead atoms. The Morgan fingerprint density at radius 2 is 2.00 bits per heavy atom. The van der Waals surface area contributed by atoms with E-state index in [1.165, 1.54) is 0 Å². The average Bonchev–Trinajstić information content (AvgIpc) is 2.89. The molecule has 1 aliphatic carbocycles. The fourth-order valence-corrected chi connectivity index (χ4v) is 3.99. The second kappa shape index (κ2) is 6.83. The van der Waals surface area contributed by atoms with E-state index in [-0.39, 0.29) is 17.9 Å². The Hall–Kier alpha value is -0.710. The first-order valence-corrected chi connectivity index (χ1v) is 9.01. The van der Waals surface area contributed by atoms with Gasteiger partial charge in [0.1, 0.15) is 11.6 Å². The number of rotatable bonds is 6. The molecule has 2 rings (SSSR count). The molecule has 1 unspecified atom stereocenters. The first-order valence-electron chi connectivity index (χ1n) is 7.85. The van der Waals surface area contributed by atoms with Crippen LogP contribution in [-0.4, -0.2) is 46.3 Å². The van der Waals surface area contributed by atoms with Crippen molar-refractivity contribution in [3.05, 3.63) is 0 Å². The Morgan fingerprint density at radius 3 is 2.60 bits per heavy atom. The quantitative estimate of drug-likeness (QED) is 0.765. The van der Waals surface area contributed by atoms with E-state index in [0.29, 0.717) is 6.54 Å².